The first kappa shape index (κ1) is 16.1. The van der Waals surface area contributed by atoms with Crippen molar-refractivity contribution < 1.29 is 19.5 Å². The lowest BCUT2D eigenvalue weighted by molar-refractivity contribution is -0.122. The largest absolute Gasteiger partial charge is 0.445 e. The Balaban J connectivity index is 1.65. The fourth-order valence-corrected chi connectivity index (χ4v) is 1.86. The van der Waals surface area contributed by atoms with Crippen LogP contribution in [-0.4, -0.2) is 42.2 Å². The van der Waals surface area contributed by atoms with Gasteiger partial charge in [0.15, 0.2) is 0 Å². The van der Waals surface area contributed by atoms with Crippen LogP contribution in [0.25, 0.3) is 0 Å². The SMILES string of the molecule is CN(CCNC(=O)C1CC1)C(=O)OCc1ccc(NO)cc1. The molecule has 3 N–H and O–H groups in total. The van der Waals surface area contributed by atoms with E-state index in [2.05, 4.69) is 5.32 Å². The number of amides is 2. The monoisotopic (exact) mass is 307 g/mol. The summed E-state index contributed by atoms with van der Waals surface area (Å²) in [5.41, 5.74) is 3.42. The molecule has 7 nitrogen and oxygen atoms in total. The number of nitrogens with zero attached hydrogens (tertiary/aromatic N) is 1. The highest BCUT2D eigenvalue weighted by Crippen LogP contribution is 2.28. The predicted octanol–water partition coefficient (Wildman–Crippen LogP) is 1.58. The normalized spacial score (nSPS) is 13.4. The van der Waals surface area contributed by atoms with Crippen LogP contribution in [0.4, 0.5) is 10.5 Å². The highest BCUT2D eigenvalue weighted by atomic mass is 16.6. The highest BCUT2D eigenvalue weighted by molar-refractivity contribution is 5.80. The van der Waals surface area contributed by atoms with Gasteiger partial charge in [-0.15, -0.1) is 0 Å². The van der Waals surface area contributed by atoms with E-state index in [0.29, 0.717) is 18.8 Å². The van der Waals surface area contributed by atoms with Crippen molar-refractivity contribution in [3.63, 3.8) is 0 Å². The number of hydrogen-bond acceptors (Lipinski definition) is 5. The van der Waals surface area contributed by atoms with Crippen LogP contribution in [0, 0.1) is 5.92 Å². The summed E-state index contributed by atoms with van der Waals surface area (Å²) < 4.78 is 5.17. The Morgan fingerprint density at radius 1 is 1.32 bits per heavy atom. The molecule has 1 aromatic carbocycles. The Morgan fingerprint density at radius 3 is 2.59 bits per heavy atom. The van der Waals surface area contributed by atoms with Gasteiger partial charge in [-0.1, -0.05) is 12.1 Å². The van der Waals surface area contributed by atoms with Crippen LogP contribution >= 0.6 is 0 Å². The van der Waals surface area contributed by atoms with Crippen molar-refractivity contribution in [1.29, 1.82) is 0 Å². The van der Waals surface area contributed by atoms with Gasteiger partial charge < -0.3 is 15.0 Å². The minimum absolute atomic E-state index is 0.0688. The summed E-state index contributed by atoms with van der Waals surface area (Å²) in [6, 6.07) is 6.87. The number of benzene rings is 1. The van der Waals surface area contributed by atoms with Gasteiger partial charge in [-0.05, 0) is 30.5 Å². The summed E-state index contributed by atoms with van der Waals surface area (Å²) in [4.78, 5) is 24.7. The molecule has 0 saturated heterocycles. The topological polar surface area (TPSA) is 90.9 Å². The first-order valence-electron chi connectivity index (χ1n) is 7.25. The van der Waals surface area contributed by atoms with Gasteiger partial charge >= 0.3 is 6.09 Å². The Kier molecular flexibility index (Phi) is 5.60. The van der Waals surface area contributed by atoms with Crippen molar-refractivity contribution in [3.8, 4) is 0 Å². The van der Waals surface area contributed by atoms with Crippen LogP contribution < -0.4 is 10.8 Å². The molecule has 0 bridgehead atoms. The van der Waals surface area contributed by atoms with Crippen molar-refractivity contribution in [2.24, 2.45) is 5.92 Å². The van der Waals surface area contributed by atoms with Crippen LogP contribution in [0.2, 0.25) is 0 Å². The molecule has 120 valence electrons. The van der Waals surface area contributed by atoms with E-state index < -0.39 is 6.09 Å². The van der Waals surface area contributed by atoms with E-state index in [0.717, 1.165) is 18.4 Å². The molecule has 0 heterocycles. The maximum absolute atomic E-state index is 11.8. The lowest BCUT2D eigenvalue weighted by Gasteiger charge is -2.17. The highest BCUT2D eigenvalue weighted by Gasteiger charge is 2.29. The Hall–Kier alpha value is -2.28. The summed E-state index contributed by atoms with van der Waals surface area (Å²) in [6.07, 6.45) is 1.49. The molecule has 2 amide bonds. The second-order valence-electron chi connectivity index (χ2n) is 5.35. The van der Waals surface area contributed by atoms with Crippen molar-refractivity contribution in [2.45, 2.75) is 19.4 Å². The quantitative estimate of drug-likeness (QED) is 0.665. The molecular formula is C15H21N3O4. The number of nitrogens with one attached hydrogen (secondary N) is 2. The first-order chi connectivity index (χ1) is 10.6. The van der Waals surface area contributed by atoms with Gasteiger partial charge in [-0.2, -0.15) is 0 Å². The molecule has 0 atom stereocenters. The van der Waals surface area contributed by atoms with Crippen LogP contribution in [-0.2, 0) is 16.1 Å². The third-order valence-electron chi connectivity index (χ3n) is 3.45. The number of hydrogen-bond donors (Lipinski definition) is 3. The molecule has 0 unspecified atom stereocenters. The molecular weight excluding hydrogens is 286 g/mol. The molecule has 1 aliphatic rings. The van der Waals surface area contributed by atoms with Gasteiger partial charge in [-0.3, -0.25) is 15.5 Å². The lowest BCUT2D eigenvalue weighted by Crippen LogP contribution is -2.36. The third kappa shape index (κ3) is 4.92. The second kappa shape index (κ2) is 7.65. The van der Waals surface area contributed by atoms with Gasteiger partial charge in [0.25, 0.3) is 0 Å². The average molecular weight is 307 g/mol. The van der Waals surface area contributed by atoms with E-state index in [-0.39, 0.29) is 18.4 Å². The van der Waals surface area contributed by atoms with Crippen molar-refractivity contribution in [3.05, 3.63) is 29.8 Å². The van der Waals surface area contributed by atoms with E-state index in [9.17, 15) is 9.59 Å². The summed E-state index contributed by atoms with van der Waals surface area (Å²) in [5, 5.41) is 11.5. The lowest BCUT2D eigenvalue weighted by atomic mass is 10.2. The molecule has 2 rings (SSSR count). The second-order valence-corrected chi connectivity index (χ2v) is 5.35. The van der Waals surface area contributed by atoms with Crippen molar-refractivity contribution >= 4 is 17.7 Å². The zero-order valence-electron chi connectivity index (χ0n) is 12.5. The molecule has 7 heteroatoms. The van der Waals surface area contributed by atoms with Gasteiger partial charge in [0.05, 0.1) is 5.69 Å². The molecule has 1 saturated carbocycles. The number of carbonyl (C=O) groups excluding carboxylic acids is 2. The molecule has 22 heavy (non-hydrogen) atoms. The summed E-state index contributed by atoms with van der Waals surface area (Å²) in [7, 11) is 1.63. The molecule has 1 aromatic rings. The van der Waals surface area contributed by atoms with E-state index in [1.54, 1.807) is 31.3 Å². The maximum Gasteiger partial charge on any atom is 0.409 e. The fourth-order valence-electron chi connectivity index (χ4n) is 1.86. The molecule has 1 aliphatic carbocycles. The minimum Gasteiger partial charge on any atom is -0.445 e. The van der Waals surface area contributed by atoms with Gasteiger partial charge in [-0.25, -0.2) is 4.79 Å². The van der Waals surface area contributed by atoms with Crippen LogP contribution in [0.3, 0.4) is 0 Å². The maximum atomic E-state index is 11.8. The van der Waals surface area contributed by atoms with Gasteiger partial charge in [0.1, 0.15) is 6.61 Å². The van der Waals surface area contributed by atoms with Crippen LogP contribution in [0.15, 0.2) is 24.3 Å². The zero-order chi connectivity index (χ0) is 15.9. The summed E-state index contributed by atoms with van der Waals surface area (Å²) in [6.45, 7) is 0.992. The number of carbonyl (C=O) groups is 2. The minimum atomic E-state index is -0.440. The third-order valence-corrected chi connectivity index (χ3v) is 3.45. The van der Waals surface area contributed by atoms with Gasteiger partial charge in [0, 0.05) is 26.1 Å². The summed E-state index contributed by atoms with van der Waals surface area (Å²) >= 11 is 0. The van der Waals surface area contributed by atoms with E-state index >= 15 is 0 Å². The van der Waals surface area contributed by atoms with Crippen molar-refractivity contribution in [2.75, 3.05) is 25.6 Å². The van der Waals surface area contributed by atoms with Gasteiger partial charge in [0.2, 0.25) is 5.91 Å². The Morgan fingerprint density at radius 2 is 2.00 bits per heavy atom. The van der Waals surface area contributed by atoms with E-state index in [4.69, 9.17) is 9.94 Å². The standard InChI is InChI=1S/C15H21N3O4/c1-18(9-8-16-14(19)12-4-5-12)15(20)22-10-11-2-6-13(17-21)7-3-11/h2-3,6-7,12,17,21H,4-5,8-10H2,1H3,(H,16,19). The number of likely N-dealkylation sites (N-methyl/N-ethyl adjacent to an activating group) is 1. The predicted molar refractivity (Wildman–Crippen MR) is 80.4 cm³/mol. The van der Waals surface area contributed by atoms with Crippen LogP contribution in [0.5, 0.6) is 0 Å². The van der Waals surface area contributed by atoms with Crippen LogP contribution in [0.1, 0.15) is 18.4 Å². The smallest absolute Gasteiger partial charge is 0.409 e. The van der Waals surface area contributed by atoms with E-state index in [1.807, 2.05) is 5.48 Å². The van der Waals surface area contributed by atoms with Crippen molar-refractivity contribution in [1.82, 2.24) is 10.2 Å². The van der Waals surface area contributed by atoms with E-state index in [1.165, 1.54) is 4.90 Å². The number of anilines is 1. The Labute approximate surface area is 129 Å². The fraction of sp³-hybridized carbons (Fsp3) is 0.467. The first-order valence-corrected chi connectivity index (χ1v) is 7.25. The molecule has 0 spiro atoms. The number of rotatable bonds is 7. The molecule has 1 fully saturated rings. The Bertz CT molecular complexity index is 514. The molecule has 0 aliphatic heterocycles. The molecule has 0 aromatic heterocycles. The number of ether oxygens (including phenoxy) is 1. The molecule has 0 radical (unpaired) electrons. The average Bonchev–Trinajstić information content (AvgIpc) is 3.37. The summed E-state index contributed by atoms with van der Waals surface area (Å²) in [5.74, 6) is 0.244. The zero-order valence-corrected chi connectivity index (χ0v) is 12.5.